The van der Waals surface area contributed by atoms with Gasteiger partial charge in [-0.05, 0) is 31.5 Å². The maximum atomic E-state index is 10.1. The highest BCUT2D eigenvalue weighted by atomic mass is 16.5. The van der Waals surface area contributed by atoms with Crippen molar-refractivity contribution >= 4 is 0 Å². The lowest BCUT2D eigenvalue weighted by atomic mass is 10.1. The molecule has 2 aromatic rings. The summed E-state index contributed by atoms with van der Waals surface area (Å²) in [7, 11) is 0. The van der Waals surface area contributed by atoms with E-state index in [-0.39, 0.29) is 6.61 Å². The number of benzene rings is 2. The quantitative estimate of drug-likeness (QED) is 0.874. The molecule has 0 aliphatic carbocycles. The number of aryl methyl sites for hydroxylation is 1. The number of ether oxygens (including phenoxy) is 2. The van der Waals surface area contributed by atoms with Crippen LogP contribution in [0, 0.1) is 6.92 Å². The van der Waals surface area contributed by atoms with E-state index in [1.807, 2.05) is 62.4 Å². The molecule has 2 rings (SSSR count). The molecule has 1 atom stereocenters. The highest BCUT2D eigenvalue weighted by molar-refractivity contribution is 5.33. The first-order valence-corrected chi connectivity index (χ1v) is 6.79. The van der Waals surface area contributed by atoms with Gasteiger partial charge < -0.3 is 14.6 Å². The van der Waals surface area contributed by atoms with Gasteiger partial charge >= 0.3 is 0 Å². The van der Waals surface area contributed by atoms with Crippen LogP contribution in [0.1, 0.15) is 24.2 Å². The zero-order chi connectivity index (χ0) is 14.4. The van der Waals surface area contributed by atoms with Crippen molar-refractivity contribution in [3.8, 4) is 11.5 Å². The third-order valence-electron chi connectivity index (χ3n) is 2.99. The molecule has 3 heteroatoms. The molecule has 0 saturated heterocycles. The number of hydrogen-bond donors (Lipinski definition) is 1. The maximum absolute atomic E-state index is 10.1. The van der Waals surface area contributed by atoms with Crippen molar-refractivity contribution in [2.75, 3.05) is 13.2 Å². The van der Waals surface area contributed by atoms with Gasteiger partial charge in [-0.2, -0.15) is 0 Å². The Labute approximate surface area is 119 Å². The SMILES string of the molecule is CCOc1cccc(OCC(O)c2ccc(C)cc2)c1. The lowest BCUT2D eigenvalue weighted by molar-refractivity contribution is 0.108. The highest BCUT2D eigenvalue weighted by Crippen LogP contribution is 2.21. The van der Waals surface area contributed by atoms with Crippen molar-refractivity contribution < 1.29 is 14.6 Å². The summed E-state index contributed by atoms with van der Waals surface area (Å²) in [6.07, 6.45) is -0.633. The number of aliphatic hydroxyl groups excluding tert-OH is 1. The Balaban J connectivity index is 1.94. The summed E-state index contributed by atoms with van der Waals surface area (Å²) in [5, 5.41) is 10.1. The van der Waals surface area contributed by atoms with Crippen molar-refractivity contribution in [2.24, 2.45) is 0 Å². The Morgan fingerprint density at radius 3 is 2.30 bits per heavy atom. The molecule has 0 bridgehead atoms. The average Bonchev–Trinajstić information content (AvgIpc) is 2.46. The van der Waals surface area contributed by atoms with E-state index in [2.05, 4.69) is 0 Å². The normalized spacial score (nSPS) is 11.9. The van der Waals surface area contributed by atoms with E-state index in [1.165, 1.54) is 5.56 Å². The van der Waals surface area contributed by atoms with Gasteiger partial charge in [-0.15, -0.1) is 0 Å². The zero-order valence-electron chi connectivity index (χ0n) is 11.9. The monoisotopic (exact) mass is 272 g/mol. The van der Waals surface area contributed by atoms with Gasteiger partial charge in [0.25, 0.3) is 0 Å². The van der Waals surface area contributed by atoms with Crippen LogP contribution in [-0.2, 0) is 0 Å². The first-order chi connectivity index (χ1) is 9.69. The second-order valence-corrected chi connectivity index (χ2v) is 4.65. The fourth-order valence-corrected chi connectivity index (χ4v) is 1.88. The summed E-state index contributed by atoms with van der Waals surface area (Å²) in [5.74, 6) is 1.47. The molecule has 0 heterocycles. The first-order valence-electron chi connectivity index (χ1n) is 6.79. The topological polar surface area (TPSA) is 38.7 Å². The molecule has 1 N–H and O–H groups in total. The van der Waals surface area contributed by atoms with Crippen molar-refractivity contribution in [3.63, 3.8) is 0 Å². The molecule has 20 heavy (non-hydrogen) atoms. The largest absolute Gasteiger partial charge is 0.494 e. The minimum Gasteiger partial charge on any atom is -0.494 e. The number of hydrogen-bond acceptors (Lipinski definition) is 3. The molecule has 0 aliphatic heterocycles. The standard InChI is InChI=1S/C17H20O3/c1-3-19-15-5-4-6-16(11-15)20-12-17(18)14-9-7-13(2)8-10-14/h4-11,17-18H,3,12H2,1-2H3. The summed E-state index contributed by atoms with van der Waals surface area (Å²) < 4.78 is 11.0. The third kappa shape index (κ3) is 4.00. The van der Waals surface area contributed by atoms with Gasteiger partial charge in [0.1, 0.15) is 24.2 Å². The molecule has 106 valence electrons. The van der Waals surface area contributed by atoms with E-state index in [1.54, 1.807) is 0 Å². The number of aliphatic hydroxyl groups is 1. The van der Waals surface area contributed by atoms with Crippen LogP contribution in [0.25, 0.3) is 0 Å². The summed E-state index contributed by atoms with van der Waals surface area (Å²) in [4.78, 5) is 0. The van der Waals surface area contributed by atoms with Crippen molar-refractivity contribution in [2.45, 2.75) is 20.0 Å². The fourth-order valence-electron chi connectivity index (χ4n) is 1.88. The number of rotatable bonds is 6. The predicted molar refractivity (Wildman–Crippen MR) is 79.2 cm³/mol. The highest BCUT2D eigenvalue weighted by Gasteiger charge is 2.08. The van der Waals surface area contributed by atoms with Gasteiger partial charge in [0.2, 0.25) is 0 Å². The van der Waals surface area contributed by atoms with Gasteiger partial charge in [0, 0.05) is 6.07 Å². The van der Waals surface area contributed by atoms with Crippen LogP contribution < -0.4 is 9.47 Å². The second kappa shape index (κ2) is 6.96. The molecule has 1 unspecified atom stereocenters. The molecule has 0 radical (unpaired) electrons. The first kappa shape index (κ1) is 14.4. The van der Waals surface area contributed by atoms with Crippen molar-refractivity contribution in [1.29, 1.82) is 0 Å². The maximum Gasteiger partial charge on any atom is 0.123 e. The Morgan fingerprint density at radius 2 is 1.65 bits per heavy atom. The van der Waals surface area contributed by atoms with Crippen LogP contribution in [0.15, 0.2) is 48.5 Å². The molecule has 2 aromatic carbocycles. The van der Waals surface area contributed by atoms with Crippen molar-refractivity contribution in [1.82, 2.24) is 0 Å². The summed E-state index contributed by atoms with van der Waals surface area (Å²) >= 11 is 0. The van der Waals surface area contributed by atoms with Gasteiger partial charge in [0.05, 0.1) is 6.61 Å². The molecule has 0 aromatic heterocycles. The van der Waals surface area contributed by atoms with Crippen molar-refractivity contribution in [3.05, 3.63) is 59.7 Å². The minimum absolute atomic E-state index is 0.221. The predicted octanol–water partition coefficient (Wildman–Crippen LogP) is 3.51. The van der Waals surface area contributed by atoms with Crippen LogP contribution in [0.3, 0.4) is 0 Å². The van der Waals surface area contributed by atoms with E-state index < -0.39 is 6.10 Å². The van der Waals surface area contributed by atoms with E-state index >= 15 is 0 Å². The van der Waals surface area contributed by atoms with Gasteiger partial charge in [0.15, 0.2) is 0 Å². The zero-order valence-corrected chi connectivity index (χ0v) is 11.9. The Hall–Kier alpha value is -2.00. The van der Waals surface area contributed by atoms with E-state index in [0.717, 1.165) is 11.3 Å². The molecular weight excluding hydrogens is 252 g/mol. The summed E-state index contributed by atoms with van der Waals surface area (Å²) in [6, 6.07) is 15.2. The minimum atomic E-state index is -0.633. The van der Waals surface area contributed by atoms with Crippen LogP contribution in [0.4, 0.5) is 0 Å². The van der Waals surface area contributed by atoms with E-state index in [4.69, 9.17) is 9.47 Å². The third-order valence-corrected chi connectivity index (χ3v) is 2.99. The smallest absolute Gasteiger partial charge is 0.123 e. The van der Waals surface area contributed by atoms with Gasteiger partial charge in [-0.1, -0.05) is 35.9 Å². The Bertz CT molecular complexity index is 534. The van der Waals surface area contributed by atoms with E-state index in [9.17, 15) is 5.11 Å². The van der Waals surface area contributed by atoms with Crippen LogP contribution in [0.2, 0.25) is 0 Å². The summed E-state index contributed by atoms with van der Waals surface area (Å²) in [6.45, 7) is 4.80. The van der Waals surface area contributed by atoms with Gasteiger partial charge in [-0.3, -0.25) is 0 Å². The molecule has 0 spiro atoms. The molecular formula is C17H20O3. The summed E-state index contributed by atoms with van der Waals surface area (Å²) in [5.41, 5.74) is 2.03. The molecule has 0 fully saturated rings. The Morgan fingerprint density at radius 1 is 1.00 bits per heavy atom. The van der Waals surface area contributed by atoms with Crippen LogP contribution in [-0.4, -0.2) is 18.3 Å². The lowest BCUT2D eigenvalue weighted by Gasteiger charge is -2.13. The molecule has 0 amide bonds. The second-order valence-electron chi connectivity index (χ2n) is 4.65. The Kier molecular flexibility index (Phi) is 5.02. The van der Waals surface area contributed by atoms with E-state index in [0.29, 0.717) is 12.4 Å². The van der Waals surface area contributed by atoms with Crippen LogP contribution in [0.5, 0.6) is 11.5 Å². The fraction of sp³-hybridized carbons (Fsp3) is 0.294. The average molecular weight is 272 g/mol. The molecule has 3 nitrogen and oxygen atoms in total. The molecule has 0 saturated carbocycles. The molecule has 0 aliphatic rings. The van der Waals surface area contributed by atoms with Gasteiger partial charge in [-0.25, -0.2) is 0 Å². The van der Waals surface area contributed by atoms with Crippen LogP contribution >= 0.6 is 0 Å². The lowest BCUT2D eigenvalue weighted by Crippen LogP contribution is -2.09.